The first-order valence-electron chi connectivity index (χ1n) is 7.54. The lowest BCUT2D eigenvalue weighted by molar-refractivity contribution is 0.0926. The predicted octanol–water partition coefficient (Wildman–Crippen LogP) is 1.14. The molecule has 2 atom stereocenters. The quantitative estimate of drug-likeness (QED) is 0.783. The average molecular weight is 335 g/mol. The van der Waals surface area contributed by atoms with Crippen molar-refractivity contribution in [3.05, 3.63) is 46.7 Å². The minimum absolute atomic E-state index is 0.0437. The summed E-state index contributed by atoms with van der Waals surface area (Å²) in [4.78, 5) is 12.3. The van der Waals surface area contributed by atoms with E-state index in [1.54, 1.807) is 23.0 Å². The van der Waals surface area contributed by atoms with Crippen LogP contribution in [0.25, 0.3) is 5.69 Å². The maximum Gasteiger partial charge on any atom is 0.254 e. The molecular formula is C16H19ClN4O2. The second-order valence-electron chi connectivity index (χ2n) is 5.73. The van der Waals surface area contributed by atoms with Gasteiger partial charge in [-0.2, -0.15) is 5.10 Å². The summed E-state index contributed by atoms with van der Waals surface area (Å²) in [7, 11) is 0. The fraction of sp³-hybridized carbons (Fsp3) is 0.375. The SMILES string of the molecule is Cc1c(C(=O)NCC2CNCC2O)cnn1-c1cccc(Cl)c1. The van der Waals surface area contributed by atoms with Gasteiger partial charge in [-0.05, 0) is 25.1 Å². The molecule has 1 aromatic carbocycles. The summed E-state index contributed by atoms with van der Waals surface area (Å²) in [6, 6.07) is 7.31. The van der Waals surface area contributed by atoms with Gasteiger partial charge in [-0.1, -0.05) is 17.7 Å². The molecule has 7 heteroatoms. The van der Waals surface area contributed by atoms with Gasteiger partial charge in [-0.3, -0.25) is 4.79 Å². The Morgan fingerprint density at radius 1 is 1.52 bits per heavy atom. The minimum Gasteiger partial charge on any atom is -0.391 e. The van der Waals surface area contributed by atoms with Gasteiger partial charge in [0, 0.05) is 30.6 Å². The van der Waals surface area contributed by atoms with Crippen LogP contribution >= 0.6 is 11.6 Å². The summed E-state index contributed by atoms with van der Waals surface area (Å²) in [6.07, 6.45) is 1.14. The number of rotatable bonds is 4. The fourth-order valence-electron chi connectivity index (χ4n) is 2.75. The molecule has 1 aliphatic heterocycles. The first-order chi connectivity index (χ1) is 11.1. The van der Waals surface area contributed by atoms with Gasteiger partial charge < -0.3 is 15.7 Å². The monoisotopic (exact) mass is 334 g/mol. The lowest BCUT2D eigenvalue weighted by atomic mass is 10.1. The van der Waals surface area contributed by atoms with E-state index in [2.05, 4.69) is 15.7 Å². The number of hydrogen-bond acceptors (Lipinski definition) is 4. The molecule has 2 unspecified atom stereocenters. The molecule has 0 bridgehead atoms. The highest BCUT2D eigenvalue weighted by Gasteiger charge is 2.25. The third kappa shape index (κ3) is 3.39. The number of nitrogens with zero attached hydrogens (tertiary/aromatic N) is 2. The molecule has 3 rings (SSSR count). The Hall–Kier alpha value is -1.89. The van der Waals surface area contributed by atoms with Crippen LogP contribution in [0.4, 0.5) is 0 Å². The van der Waals surface area contributed by atoms with Gasteiger partial charge in [0.25, 0.3) is 5.91 Å². The van der Waals surface area contributed by atoms with Gasteiger partial charge in [-0.15, -0.1) is 0 Å². The molecule has 1 aromatic heterocycles. The lowest BCUT2D eigenvalue weighted by Gasteiger charge is -2.14. The molecule has 3 N–H and O–H groups in total. The third-order valence-corrected chi connectivity index (χ3v) is 4.37. The van der Waals surface area contributed by atoms with Crippen molar-refractivity contribution in [2.75, 3.05) is 19.6 Å². The molecule has 122 valence electrons. The van der Waals surface area contributed by atoms with E-state index in [4.69, 9.17) is 11.6 Å². The van der Waals surface area contributed by atoms with E-state index in [0.29, 0.717) is 30.2 Å². The molecule has 1 fully saturated rings. The number of aromatic nitrogens is 2. The van der Waals surface area contributed by atoms with Gasteiger partial charge in [0.2, 0.25) is 0 Å². The molecule has 1 saturated heterocycles. The van der Waals surface area contributed by atoms with Crippen molar-refractivity contribution < 1.29 is 9.90 Å². The topological polar surface area (TPSA) is 79.2 Å². The number of benzene rings is 1. The van der Waals surface area contributed by atoms with Crippen molar-refractivity contribution in [2.45, 2.75) is 13.0 Å². The molecular weight excluding hydrogens is 316 g/mol. The van der Waals surface area contributed by atoms with E-state index >= 15 is 0 Å². The number of amides is 1. The predicted molar refractivity (Wildman–Crippen MR) is 88.0 cm³/mol. The molecule has 1 aliphatic rings. The second kappa shape index (κ2) is 6.70. The number of hydrogen-bond donors (Lipinski definition) is 3. The minimum atomic E-state index is -0.411. The van der Waals surface area contributed by atoms with Crippen molar-refractivity contribution in [3.63, 3.8) is 0 Å². The molecule has 2 heterocycles. The fourth-order valence-corrected chi connectivity index (χ4v) is 2.93. The normalized spacial score (nSPS) is 20.7. The van der Waals surface area contributed by atoms with Gasteiger partial charge in [0.05, 0.1) is 29.2 Å². The Morgan fingerprint density at radius 2 is 2.35 bits per heavy atom. The summed E-state index contributed by atoms with van der Waals surface area (Å²) in [5.74, 6) is -0.142. The Balaban J connectivity index is 1.72. The standard InChI is InChI=1S/C16H19ClN4O2/c1-10-14(16(23)19-7-11-6-18-9-15(11)22)8-20-21(10)13-4-2-3-12(17)5-13/h2-5,8,11,15,18,22H,6-7,9H2,1H3,(H,19,23). The van der Waals surface area contributed by atoms with Crippen molar-refractivity contribution in [1.29, 1.82) is 0 Å². The van der Waals surface area contributed by atoms with Crippen LogP contribution in [0.1, 0.15) is 16.1 Å². The average Bonchev–Trinajstić information content (AvgIpc) is 3.11. The van der Waals surface area contributed by atoms with Crippen LogP contribution in [0.3, 0.4) is 0 Å². The highest BCUT2D eigenvalue weighted by Crippen LogP contribution is 2.18. The van der Waals surface area contributed by atoms with Gasteiger partial charge in [-0.25, -0.2) is 4.68 Å². The summed E-state index contributed by atoms with van der Waals surface area (Å²) in [5.41, 5.74) is 2.07. The van der Waals surface area contributed by atoms with Crippen LogP contribution in [0.15, 0.2) is 30.5 Å². The number of aliphatic hydroxyl groups is 1. The summed E-state index contributed by atoms with van der Waals surface area (Å²) in [6.45, 7) is 3.57. The van der Waals surface area contributed by atoms with Crippen molar-refractivity contribution in [1.82, 2.24) is 20.4 Å². The first kappa shape index (κ1) is 16.0. The van der Waals surface area contributed by atoms with E-state index in [-0.39, 0.29) is 11.8 Å². The van der Waals surface area contributed by atoms with Crippen molar-refractivity contribution in [2.24, 2.45) is 5.92 Å². The Labute approximate surface area is 139 Å². The molecule has 23 heavy (non-hydrogen) atoms. The molecule has 0 spiro atoms. The summed E-state index contributed by atoms with van der Waals surface area (Å²) in [5, 5.41) is 20.6. The maximum absolute atomic E-state index is 12.3. The smallest absolute Gasteiger partial charge is 0.254 e. The molecule has 0 saturated carbocycles. The number of β-amino-alcohol motifs (C(OH)–C–C–N with tert-alkyl or cyclic N) is 1. The maximum atomic E-state index is 12.3. The van der Waals surface area contributed by atoms with E-state index in [1.165, 1.54) is 0 Å². The zero-order chi connectivity index (χ0) is 16.4. The molecule has 0 aliphatic carbocycles. The number of halogens is 1. The molecule has 1 amide bonds. The van der Waals surface area contributed by atoms with Crippen LogP contribution in [0.5, 0.6) is 0 Å². The van der Waals surface area contributed by atoms with Gasteiger partial charge in [0.1, 0.15) is 0 Å². The largest absolute Gasteiger partial charge is 0.391 e. The first-order valence-corrected chi connectivity index (χ1v) is 7.91. The number of aliphatic hydroxyl groups excluding tert-OH is 1. The Bertz CT molecular complexity index is 716. The van der Waals surface area contributed by atoms with Crippen molar-refractivity contribution in [3.8, 4) is 5.69 Å². The van der Waals surface area contributed by atoms with Gasteiger partial charge >= 0.3 is 0 Å². The Kier molecular flexibility index (Phi) is 4.66. The van der Waals surface area contributed by atoms with Crippen LogP contribution < -0.4 is 10.6 Å². The van der Waals surface area contributed by atoms with E-state index in [0.717, 1.165) is 11.4 Å². The Morgan fingerprint density at radius 3 is 3.04 bits per heavy atom. The van der Waals surface area contributed by atoms with E-state index in [9.17, 15) is 9.90 Å². The third-order valence-electron chi connectivity index (χ3n) is 4.14. The number of carbonyl (C=O) groups excluding carboxylic acids is 1. The molecule has 6 nitrogen and oxygen atoms in total. The summed E-state index contributed by atoms with van der Waals surface area (Å²) < 4.78 is 1.69. The molecule has 2 aromatic rings. The highest BCUT2D eigenvalue weighted by atomic mass is 35.5. The van der Waals surface area contributed by atoms with E-state index < -0.39 is 6.10 Å². The zero-order valence-corrected chi connectivity index (χ0v) is 13.5. The molecule has 0 radical (unpaired) electrons. The zero-order valence-electron chi connectivity index (χ0n) is 12.8. The van der Waals surface area contributed by atoms with Crippen LogP contribution in [-0.2, 0) is 0 Å². The van der Waals surface area contributed by atoms with Gasteiger partial charge in [0.15, 0.2) is 0 Å². The van der Waals surface area contributed by atoms with Crippen LogP contribution in [0.2, 0.25) is 5.02 Å². The van der Waals surface area contributed by atoms with Crippen molar-refractivity contribution >= 4 is 17.5 Å². The summed E-state index contributed by atoms with van der Waals surface area (Å²) >= 11 is 6.00. The number of carbonyl (C=O) groups is 1. The number of nitrogens with one attached hydrogen (secondary N) is 2. The van der Waals surface area contributed by atoms with Crippen LogP contribution in [-0.4, -0.2) is 46.5 Å². The lowest BCUT2D eigenvalue weighted by Crippen LogP contribution is -2.34. The van der Waals surface area contributed by atoms with Crippen LogP contribution in [0, 0.1) is 12.8 Å². The highest BCUT2D eigenvalue weighted by molar-refractivity contribution is 6.30. The second-order valence-corrected chi connectivity index (χ2v) is 6.17. The van der Waals surface area contributed by atoms with E-state index in [1.807, 2.05) is 19.1 Å².